The van der Waals surface area contributed by atoms with E-state index in [1.807, 2.05) is 6.21 Å². The zero-order valence-corrected chi connectivity index (χ0v) is 12.3. The van der Waals surface area contributed by atoms with Crippen molar-refractivity contribution in [2.24, 2.45) is 4.99 Å². The highest BCUT2D eigenvalue weighted by Crippen LogP contribution is 2.32. The van der Waals surface area contributed by atoms with Gasteiger partial charge in [-0.15, -0.1) is 0 Å². The van der Waals surface area contributed by atoms with E-state index in [0.29, 0.717) is 6.42 Å². The summed E-state index contributed by atoms with van der Waals surface area (Å²) in [7, 11) is 0. The van der Waals surface area contributed by atoms with Crippen molar-refractivity contribution < 1.29 is 20.1 Å². The molecule has 5 heteroatoms. The highest BCUT2D eigenvalue weighted by Gasteiger charge is 2.32. The number of hydrogen-bond donors (Lipinski definition) is 3. The quantitative estimate of drug-likeness (QED) is 0.624. The van der Waals surface area contributed by atoms with Crippen LogP contribution in [0.1, 0.15) is 24.5 Å². The summed E-state index contributed by atoms with van der Waals surface area (Å²) in [4.78, 5) is 4.24. The molecule has 0 bridgehead atoms. The van der Waals surface area contributed by atoms with Crippen molar-refractivity contribution in [2.75, 3.05) is 19.8 Å². The molecule has 1 aromatic carbocycles. The molecule has 0 radical (unpaired) electrons. The van der Waals surface area contributed by atoms with Crippen molar-refractivity contribution in [3.05, 3.63) is 35.4 Å². The minimum absolute atomic E-state index is 0.0425. The number of ether oxygens (including phenoxy) is 1. The lowest BCUT2D eigenvalue weighted by Crippen LogP contribution is -2.24. The molecule has 3 atom stereocenters. The molecule has 0 aromatic heterocycles. The molecule has 0 aliphatic carbocycles. The molecule has 3 N–H and O–H groups in total. The third-order valence-corrected chi connectivity index (χ3v) is 3.65. The first-order valence-corrected chi connectivity index (χ1v) is 7.24. The number of aliphatic imine (C=N–C) groups is 1. The molecule has 1 heterocycles. The van der Waals surface area contributed by atoms with Gasteiger partial charge in [0.05, 0.1) is 25.9 Å². The molecule has 0 spiro atoms. The zero-order chi connectivity index (χ0) is 15.3. The van der Waals surface area contributed by atoms with Crippen molar-refractivity contribution in [3.8, 4) is 0 Å². The van der Waals surface area contributed by atoms with Gasteiger partial charge < -0.3 is 20.1 Å². The molecule has 0 fully saturated rings. The summed E-state index contributed by atoms with van der Waals surface area (Å²) < 4.78 is 5.13. The second kappa shape index (κ2) is 7.13. The average molecular weight is 293 g/mol. The average Bonchev–Trinajstić information content (AvgIpc) is 3.24. The van der Waals surface area contributed by atoms with E-state index in [0.717, 1.165) is 12.0 Å². The highest BCUT2D eigenvalue weighted by atomic mass is 16.5. The Labute approximate surface area is 124 Å². The molecule has 2 rings (SSSR count). The number of aliphatic hydroxyl groups excluding tert-OH is 3. The maximum absolute atomic E-state index is 9.80. The Morgan fingerprint density at radius 2 is 1.76 bits per heavy atom. The number of rotatable bonds is 9. The van der Waals surface area contributed by atoms with Crippen LogP contribution >= 0.6 is 0 Å². The van der Waals surface area contributed by atoms with Gasteiger partial charge in [0.15, 0.2) is 0 Å². The van der Waals surface area contributed by atoms with E-state index in [1.54, 1.807) is 0 Å². The van der Waals surface area contributed by atoms with Crippen LogP contribution in [0.4, 0.5) is 0 Å². The molecule has 0 saturated carbocycles. The lowest BCUT2D eigenvalue weighted by Gasteiger charge is -2.13. The molecule has 0 amide bonds. The molecule has 1 aliphatic rings. The summed E-state index contributed by atoms with van der Waals surface area (Å²) in [6.45, 7) is 1.96. The molecule has 21 heavy (non-hydrogen) atoms. The van der Waals surface area contributed by atoms with E-state index in [4.69, 9.17) is 14.9 Å². The smallest absolute Gasteiger partial charge is 0.117 e. The lowest BCUT2D eigenvalue weighted by molar-refractivity contribution is -0.0256. The fourth-order valence-electron chi connectivity index (χ4n) is 2.06. The summed E-state index contributed by atoms with van der Waals surface area (Å²) in [5, 5.41) is 27.5. The third-order valence-electron chi connectivity index (χ3n) is 3.65. The maximum atomic E-state index is 9.80. The Hall–Kier alpha value is -1.27. The fraction of sp³-hybridized carbons (Fsp3) is 0.562. The number of nitrogens with zero attached hydrogens (tertiary/aromatic N) is 1. The fourth-order valence-corrected chi connectivity index (χ4v) is 2.06. The number of aryl methyl sites for hydroxylation is 1. The van der Waals surface area contributed by atoms with Crippen LogP contribution in [0.25, 0.3) is 0 Å². The first-order chi connectivity index (χ1) is 10.0. The maximum Gasteiger partial charge on any atom is 0.117 e. The summed E-state index contributed by atoms with van der Waals surface area (Å²) in [6.07, 6.45) is 1.85. The zero-order valence-electron chi connectivity index (χ0n) is 12.3. The Kier molecular flexibility index (Phi) is 5.47. The molecule has 116 valence electrons. The van der Waals surface area contributed by atoms with Crippen LogP contribution in [0.2, 0.25) is 0 Å². The van der Waals surface area contributed by atoms with Crippen LogP contribution < -0.4 is 0 Å². The van der Waals surface area contributed by atoms with Crippen molar-refractivity contribution in [3.63, 3.8) is 0 Å². The van der Waals surface area contributed by atoms with Crippen molar-refractivity contribution in [2.45, 2.75) is 37.5 Å². The first-order valence-electron chi connectivity index (χ1n) is 7.24. The van der Waals surface area contributed by atoms with E-state index in [-0.39, 0.29) is 25.4 Å². The van der Waals surface area contributed by atoms with Gasteiger partial charge in [0, 0.05) is 6.21 Å². The topological polar surface area (TPSA) is 82.3 Å². The van der Waals surface area contributed by atoms with Crippen LogP contribution in [-0.2, 0) is 16.7 Å². The van der Waals surface area contributed by atoms with E-state index in [2.05, 4.69) is 36.2 Å². The van der Waals surface area contributed by atoms with E-state index in [1.165, 1.54) is 5.56 Å². The predicted molar refractivity (Wildman–Crippen MR) is 80.5 cm³/mol. The molecule has 1 aliphatic heterocycles. The Bertz CT molecular complexity index is 466. The normalized spacial score (nSPS) is 23.0. The second-order valence-electron chi connectivity index (χ2n) is 5.67. The van der Waals surface area contributed by atoms with Gasteiger partial charge in [-0.1, -0.05) is 24.3 Å². The van der Waals surface area contributed by atoms with Crippen molar-refractivity contribution in [1.82, 2.24) is 0 Å². The van der Waals surface area contributed by atoms with Crippen LogP contribution in [0.3, 0.4) is 0 Å². The van der Waals surface area contributed by atoms with Crippen molar-refractivity contribution in [1.29, 1.82) is 0 Å². The van der Waals surface area contributed by atoms with E-state index in [9.17, 15) is 5.11 Å². The molecule has 3 unspecified atom stereocenters. The van der Waals surface area contributed by atoms with Gasteiger partial charge in [0.2, 0.25) is 0 Å². The molecule has 5 nitrogen and oxygen atoms in total. The van der Waals surface area contributed by atoms with Crippen LogP contribution in [0.15, 0.2) is 29.3 Å². The number of aliphatic hydroxyl groups is 3. The highest BCUT2D eigenvalue weighted by molar-refractivity contribution is 5.85. The lowest BCUT2D eigenvalue weighted by atomic mass is 9.97. The van der Waals surface area contributed by atoms with Crippen LogP contribution in [0, 0.1) is 0 Å². The van der Waals surface area contributed by atoms with Gasteiger partial charge in [-0.2, -0.15) is 0 Å². The number of benzene rings is 1. The van der Waals surface area contributed by atoms with E-state index >= 15 is 0 Å². The Morgan fingerprint density at radius 3 is 2.33 bits per heavy atom. The van der Waals surface area contributed by atoms with E-state index < -0.39 is 12.2 Å². The second-order valence-corrected chi connectivity index (χ2v) is 5.67. The monoisotopic (exact) mass is 293 g/mol. The minimum Gasteiger partial charge on any atom is -0.394 e. The van der Waals surface area contributed by atoms with Gasteiger partial charge in [-0.05, 0) is 30.9 Å². The molecule has 1 aromatic rings. The largest absolute Gasteiger partial charge is 0.394 e. The Morgan fingerprint density at radius 1 is 1.14 bits per heavy atom. The van der Waals surface area contributed by atoms with Gasteiger partial charge in [-0.25, -0.2) is 0 Å². The molecular formula is C16H23NO4. The standard InChI is InChI=1S/C16H23NO4/c1-16(11-17-16)13-5-2-12(3-6-13)4-7-14(19)9-21-10-15(20)8-18/h2-3,5-6,11,14-15,18-20H,4,7-10H2,1H3. The van der Waals surface area contributed by atoms with Crippen LogP contribution in [-0.4, -0.2) is 53.6 Å². The van der Waals surface area contributed by atoms with Gasteiger partial charge >= 0.3 is 0 Å². The first kappa shape index (κ1) is 16.1. The third kappa shape index (κ3) is 4.89. The van der Waals surface area contributed by atoms with Crippen LogP contribution in [0.5, 0.6) is 0 Å². The van der Waals surface area contributed by atoms with Crippen molar-refractivity contribution >= 4 is 6.21 Å². The SMILES string of the molecule is CC1(c2ccc(CCC(O)COCC(O)CO)cc2)C=N1. The Balaban J connectivity index is 1.67. The number of hydrogen-bond acceptors (Lipinski definition) is 5. The predicted octanol–water partition coefficient (Wildman–Crippen LogP) is 0.649. The molecule has 0 saturated heterocycles. The van der Waals surface area contributed by atoms with Gasteiger partial charge in [0.1, 0.15) is 11.6 Å². The van der Waals surface area contributed by atoms with Gasteiger partial charge in [-0.3, -0.25) is 4.99 Å². The minimum atomic E-state index is -0.879. The van der Waals surface area contributed by atoms with Gasteiger partial charge in [0.25, 0.3) is 0 Å². The molecular weight excluding hydrogens is 270 g/mol. The summed E-state index contributed by atoms with van der Waals surface area (Å²) >= 11 is 0. The summed E-state index contributed by atoms with van der Waals surface area (Å²) in [6, 6.07) is 8.27. The summed E-state index contributed by atoms with van der Waals surface area (Å²) in [5.41, 5.74) is 2.25. The summed E-state index contributed by atoms with van der Waals surface area (Å²) in [5.74, 6) is 0.